The van der Waals surface area contributed by atoms with E-state index in [0.717, 1.165) is 18.2 Å². The zero-order valence-corrected chi connectivity index (χ0v) is 18.8. The molecule has 0 saturated heterocycles. The van der Waals surface area contributed by atoms with Crippen LogP contribution in [0.25, 0.3) is 6.08 Å². The molecule has 9 nitrogen and oxygen atoms in total. The largest absolute Gasteiger partial charge is 0.573 e. The number of aryl methyl sites for hydroxylation is 1. The van der Waals surface area contributed by atoms with E-state index >= 15 is 0 Å². The van der Waals surface area contributed by atoms with E-state index in [0.29, 0.717) is 0 Å². The van der Waals surface area contributed by atoms with Crippen LogP contribution in [0.1, 0.15) is 18.1 Å². The van der Waals surface area contributed by atoms with Crippen molar-refractivity contribution in [2.75, 3.05) is 33.2 Å². The SMILES string of the molecule is C=C(OCCOCCNO)OCOC(=O)C1=Cc2cc(OC(F)(F)F)cc(CC)c2OC1C(F)(F)F. The molecule has 0 spiro atoms. The number of hydrogen-bond acceptors (Lipinski definition) is 9. The minimum atomic E-state index is -5.05. The van der Waals surface area contributed by atoms with E-state index in [2.05, 4.69) is 11.3 Å². The summed E-state index contributed by atoms with van der Waals surface area (Å²) in [5, 5.41) is 8.38. The van der Waals surface area contributed by atoms with Crippen molar-refractivity contribution in [3.05, 3.63) is 41.4 Å². The topological polar surface area (TPSA) is 105 Å². The Morgan fingerprint density at radius 1 is 1.11 bits per heavy atom. The summed E-state index contributed by atoms with van der Waals surface area (Å²) in [6, 6.07) is 1.71. The van der Waals surface area contributed by atoms with Gasteiger partial charge in [0.05, 0.1) is 18.8 Å². The van der Waals surface area contributed by atoms with Crippen molar-refractivity contribution in [2.45, 2.75) is 32.0 Å². The van der Waals surface area contributed by atoms with Crippen molar-refractivity contribution in [3.63, 3.8) is 0 Å². The number of nitrogens with one attached hydrogen (secondary N) is 1. The summed E-state index contributed by atoms with van der Waals surface area (Å²) in [6.45, 7) is 4.45. The standard InChI is InChI=1S/C21H23F6NO8/c1-3-13-8-15(36-21(25,26)27)9-14-10-16(18(20(22,23)24)35-17(13)14)19(29)34-11-33-12(2)32-7-6-31-5-4-28-30/h8-10,18,28,30H,2-7,11H2,1H3. The maximum absolute atomic E-state index is 13.6. The van der Waals surface area contributed by atoms with Crippen LogP contribution >= 0.6 is 0 Å². The van der Waals surface area contributed by atoms with Crippen molar-refractivity contribution in [3.8, 4) is 11.5 Å². The molecular weight excluding hydrogens is 508 g/mol. The van der Waals surface area contributed by atoms with Crippen LogP contribution in [0, 0.1) is 0 Å². The number of hydrogen-bond donors (Lipinski definition) is 2. The lowest BCUT2D eigenvalue weighted by molar-refractivity contribution is -0.274. The molecule has 202 valence electrons. The van der Waals surface area contributed by atoms with Crippen LogP contribution in [-0.4, -0.2) is 63.0 Å². The summed E-state index contributed by atoms with van der Waals surface area (Å²) >= 11 is 0. The first kappa shape index (κ1) is 29.1. The molecule has 1 aromatic carbocycles. The van der Waals surface area contributed by atoms with E-state index in [4.69, 9.17) is 28.9 Å². The molecule has 15 heteroatoms. The Bertz CT molecular complexity index is 948. The highest BCUT2D eigenvalue weighted by Gasteiger charge is 2.49. The number of benzene rings is 1. The molecule has 1 aliphatic rings. The molecule has 0 bridgehead atoms. The summed E-state index contributed by atoms with van der Waals surface area (Å²) in [5.74, 6) is -2.83. The molecule has 0 aliphatic carbocycles. The molecule has 1 aliphatic heterocycles. The van der Waals surface area contributed by atoms with E-state index in [1.807, 2.05) is 5.48 Å². The predicted octanol–water partition coefficient (Wildman–Crippen LogP) is 3.85. The number of carbonyl (C=O) groups is 1. The molecule has 1 heterocycles. The van der Waals surface area contributed by atoms with Gasteiger partial charge >= 0.3 is 18.5 Å². The number of alkyl halides is 6. The van der Waals surface area contributed by atoms with E-state index in [9.17, 15) is 31.1 Å². The highest BCUT2D eigenvalue weighted by atomic mass is 19.4. The molecule has 0 saturated carbocycles. The molecule has 1 unspecified atom stereocenters. The maximum Gasteiger partial charge on any atom is 0.573 e. The zero-order valence-electron chi connectivity index (χ0n) is 18.8. The van der Waals surface area contributed by atoms with E-state index in [1.54, 1.807) is 0 Å². The summed E-state index contributed by atoms with van der Waals surface area (Å²) in [4.78, 5) is 12.4. The average Bonchev–Trinajstić information content (AvgIpc) is 2.78. The lowest BCUT2D eigenvalue weighted by atomic mass is 9.97. The second-order valence-electron chi connectivity index (χ2n) is 6.98. The summed E-state index contributed by atoms with van der Waals surface area (Å²) in [6.07, 6.45) is -12.1. The van der Waals surface area contributed by atoms with Gasteiger partial charge in [0, 0.05) is 12.1 Å². The van der Waals surface area contributed by atoms with E-state index < -0.39 is 42.7 Å². The lowest BCUT2D eigenvalue weighted by Gasteiger charge is -2.29. The number of esters is 1. The highest BCUT2D eigenvalue weighted by Crippen LogP contribution is 2.42. The third kappa shape index (κ3) is 8.80. The molecule has 0 radical (unpaired) electrons. The van der Waals surface area contributed by atoms with Gasteiger partial charge in [-0.25, -0.2) is 10.3 Å². The van der Waals surface area contributed by atoms with Crippen molar-refractivity contribution in [2.24, 2.45) is 0 Å². The van der Waals surface area contributed by atoms with Crippen LogP contribution in [-0.2, 0) is 30.2 Å². The number of rotatable bonds is 13. The minimum absolute atomic E-state index is 0.0121. The fourth-order valence-corrected chi connectivity index (χ4v) is 2.93. The Morgan fingerprint density at radius 2 is 1.83 bits per heavy atom. The second-order valence-corrected chi connectivity index (χ2v) is 6.98. The van der Waals surface area contributed by atoms with Gasteiger partial charge in [-0.2, -0.15) is 13.2 Å². The van der Waals surface area contributed by atoms with Crippen LogP contribution in [0.2, 0.25) is 0 Å². The Labute approximate surface area is 201 Å². The first-order valence-corrected chi connectivity index (χ1v) is 10.3. The summed E-state index contributed by atoms with van der Waals surface area (Å²) in [7, 11) is 0. The Balaban J connectivity index is 2.10. The fraction of sp³-hybridized carbons (Fsp3) is 0.476. The number of hydroxylamine groups is 1. The third-order valence-corrected chi connectivity index (χ3v) is 4.40. The normalized spacial score (nSPS) is 15.3. The monoisotopic (exact) mass is 531 g/mol. The van der Waals surface area contributed by atoms with Crippen LogP contribution in [0.3, 0.4) is 0 Å². The fourth-order valence-electron chi connectivity index (χ4n) is 2.93. The van der Waals surface area contributed by atoms with Gasteiger partial charge in [-0.3, -0.25) is 0 Å². The van der Waals surface area contributed by atoms with Gasteiger partial charge in [-0.1, -0.05) is 6.92 Å². The van der Waals surface area contributed by atoms with Gasteiger partial charge in [-0.15, -0.1) is 13.2 Å². The Hall–Kier alpha value is -3.17. The first-order valence-electron chi connectivity index (χ1n) is 10.3. The van der Waals surface area contributed by atoms with Gasteiger partial charge in [0.1, 0.15) is 18.1 Å². The molecular formula is C21H23F6NO8. The zero-order chi connectivity index (χ0) is 26.9. The van der Waals surface area contributed by atoms with Crippen molar-refractivity contribution in [1.29, 1.82) is 0 Å². The van der Waals surface area contributed by atoms with Crippen LogP contribution in [0.4, 0.5) is 26.3 Å². The van der Waals surface area contributed by atoms with Crippen LogP contribution in [0.15, 0.2) is 30.2 Å². The van der Waals surface area contributed by atoms with Crippen molar-refractivity contribution in [1.82, 2.24) is 5.48 Å². The van der Waals surface area contributed by atoms with Gasteiger partial charge in [0.15, 0.2) is 0 Å². The lowest BCUT2D eigenvalue weighted by Crippen LogP contribution is -2.41. The minimum Gasteiger partial charge on any atom is -0.475 e. The summed E-state index contributed by atoms with van der Waals surface area (Å²) in [5.41, 5.74) is 0.646. The summed E-state index contributed by atoms with van der Waals surface area (Å²) < 4.78 is 107. The molecule has 1 aromatic rings. The quantitative estimate of drug-likeness (QED) is 0.0981. The van der Waals surface area contributed by atoms with Gasteiger partial charge in [0.25, 0.3) is 5.95 Å². The highest BCUT2D eigenvalue weighted by molar-refractivity contribution is 5.96. The van der Waals surface area contributed by atoms with Gasteiger partial charge in [-0.05, 0) is 36.8 Å². The van der Waals surface area contributed by atoms with Crippen LogP contribution in [0.5, 0.6) is 11.5 Å². The van der Waals surface area contributed by atoms with Crippen molar-refractivity contribution < 1.29 is 64.8 Å². The maximum atomic E-state index is 13.6. The van der Waals surface area contributed by atoms with Crippen LogP contribution < -0.4 is 15.0 Å². The Kier molecular flexibility index (Phi) is 10.2. The molecule has 2 rings (SSSR count). The molecule has 1 atom stereocenters. The van der Waals surface area contributed by atoms with Gasteiger partial charge in [0.2, 0.25) is 12.9 Å². The van der Waals surface area contributed by atoms with Crippen molar-refractivity contribution >= 4 is 12.0 Å². The molecule has 0 amide bonds. The van der Waals surface area contributed by atoms with Gasteiger partial charge < -0.3 is 33.6 Å². The molecule has 36 heavy (non-hydrogen) atoms. The predicted molar refractivity (Wildman–Crippen MR) is 109 cm³/mol. The van der Waals surface area contributed by atoms with E-state index in [1.165, 1.54) is 6.92 Å². The smallest absolute Gasteiger partial charge is 0.475 e. The number of fused-ring (bicyclic) bond motifs is 1. The molecule has 2 N–H and O–H groups in total. The number of halogens is 6. The number of ether oxygens (including phenoxy) is 6. The Morgan fingerprint density at radius 3 is 2.44 bits per heavy atom. The third-order valence-electron chi connectivity index (χ3n) is 4.40. The second kappa shape index (κ2) is 12.7. The first-order chi connectivity index (χ1) is 16.9. The molecule has 0 aromatic heterocycles. The van der Waals surface area contributed by atoms with E-state index in [-0.39, 0.29) is 55.6 Å². The average molecular weight is 531 g/mol. The molecule has 0 fully saturated rings. The number of carbonyl (C=O) groups excluding carboxylic acids is 1.